The predicted octanol–water partition coefficient (Wildman–Crippen LogP) is 4.64. The van der Waals surface area contributed by atoms with E-state index < -0.39 is 17.5 Å². The van der Waals surface area contributed by atoms with Crippen LogP contribution in [0.25, 0.3) is 26.4 Å². The number of aromatic nitrogens is 2. The second-order valence-electron chi connectivity index (χ2n) is 4.97. The lowest BCUT2D eigenvalue weighted by Gasteiger charge is -2.00. The van der Waals surface area contributed by atoms with E-state index in [9.17, 15) is 13.2 Å². The van der Waals surface area contributed by atoms with Crippen molar-refractivity contribution in [3.05, 3.63) is 54.0 Å². The van der Waals surface area contributed by atoms with E-state index >= 15 is 0 Å². The summed E-state index contributed by atoms with van der Waals surface area (Å²) in [7, 11) is 1.59. The molecule has 0 amide bonds. The van der Waals surface area contributed by atoms with E-state index in [0.29, 0.717) is 10.7 Å². The van der Waals surface area contributed by atoms with Gasteiger partial charge < -0.3 is 4.74 Å². The van der Waals surface area contributed by atoms with Gasteiger partial charge in [-0.15, -0.1) is 0 Å². The fourth-order valence-electron chi connectivity index (χ4n) is 2.45. The molecule has 0 radical (unpaired) electrons. The number of ether oxygens (including phenoxy) is 1. The van der Waals surface area contributed by atoms with Crippen LogP contribution in [0.1, 0.15) is 0 Å². The maximum atomic E-state index is 13.4. The third-order valence-electron chi connectivity index (χ3n) is 3.58. The Hall–Kier alpha value is -2.54. The molecule has 4 aromatic rings. The zero-order valence-corrected chi connectivity index (χ0v) is 12.6. The summed E-state index contributed by atoms with van der Waals surface area (Å²) in [6.07, 6.45) is 1.67. The Bertz CT molecular complexity index is 1030. The van der Waals surface area contributed by atoms with Gasteiger partial charge in [0.15, 0.2) is 22.4 Å². The first-order valence-corrected chi connectivity index (χ1v) is 7.49. The standard InChI is InChI=1S/C16H9F3N2OS/c1-22-9-2-3-13-14(6-9)23-16-20-12(7-21(13)16)8-4-10(17)15(19)11(18)5-8/h2-7H,1H3. The minimum atomic E-state index is -1.48. The van der Waals surface area contributed by atoms with Gasteiger partial charge in [-0.2, -0.15) is 0 Å². The van der Waals surface area contributed by atoms with Gasteiger partial charge in [0.1, 0.15) is 5.75 Å². The number of benzene rings is 2. The number of rotatable bonds is 2. The monoisotopic (exact) mass is 334 g/mol. The average molecular weight is 334 g/mol. The van der Waals surface area contributed by atoms with Crippen LogP contribution < -0.4 is 4.74 Å². The Morgan fingerprint density at radius 3 is 2.52 bits per heavy atom. The minimum absolute atomic E-state index is 0.193. The van der Waals surface area contributed by atoms with Crippen molar-refractivity contribution in [3.63, 3.8) is 0 Å². The molecule has 2 aromatic carbocycles. The van der Waals surface area contributed by atoms with Crippen molar-refractivity contribution in [2.75, 3.05) is 7.11 Å². The minimum Gasteiger partial charge on any atom is -0.497 e. The molecule has 23 heavy (non-hydrogen) atoms. The molecular formula is C16H9F3N2OS. The molecule has 0 N–H and O–H groups in total. The van der Waals surface area contributed by atoms with Crippen LogP contribution in [-0.2, 0) is 0 Å². The second-order valence-corrected chi connectivity index (χ2v) is 5.98. The number of hydrogen-bond donors (Lipinski definition) is 0. The molecule has 4 rings (SSSR count). The van der Waals surface area contributed by atoms with Crippen LogP contribution in [0.3, 0.4) is 0 Å². The summed E-state index contributed by atoms with van der Waals surface area (Å²) in [6.45, 7) is 0. The van der Waals surface area contributed by atoms with Gasteiger partial charge in [0.05, 0.1) is 23.0 Å². The maximum absolute atomic E-state index is 13.4. The molecular weight excluding hydrogens is 325 g/mol. The van der Waals surface area contributed by atoms with E-state index in [2.05, 4.69) is 4.98 Å². The van der Waals surface area contributed by atoms with Gasteiger partial charge in [-0.25, -0.2) is 18.2 Å². The molecule has 0 saturated heterocycles. The highest BCUT2D eigenvalue weighted by molar-refractivity contribution is 7.23. The summed E-state index contributed by atoms with van der Waals surface area (Å²) in [5.74, 6) is -3.20. The number of fused-ring (bicyclic) bond motifs is 3. The molecule has 0 aliphatic carbocycles. The van der Waals surface area contributed by atoms with E-state index in [0.717, 1.165) is 28.1 Å². The highest BCUT2D eigenvalue weighted by atomic mass is 32.1. The molecule has 0 aliphatic heterocycles. The number of imidazole rings is 1. The summed E-state index contributed by atoms with van der Waals surface area (Å²) in [6, 6.07) is 7.48. The summed E-state index contributed by atoms with van der Waals surface area (Å²) < 4.78 is 47.8. The topological polar surface area (TPSA) is 26.5 Å². The third kappa shape index (κ3) is 2.16. The number of nitrogens with zero attached hydrogens (tertiary/aromatic N) is 2. The normalized spacial score (nSPS) is 11.5. The average Bonchev–Trinajstić information content (AvgIpc) is 3.08. The van der Waals surface area contributed by atoms with Gasteiger partial charge in [0, 0.05) is 11.8 Å². The van der Waals surface area contributed by atoms with Crippen LogP contribution in [-0.4, -0.2) is 16.5 Å². The van der Waals surface area contributed by atoms with E-state index in [1.165, 1.54) is 11.3 Å². The lowest BCUT2D eigenvalue weighted by molar-refractivity contribution is 0.415. The summed E-state index contributed by atoms with van der Waals surface area (Å²) in [5, 5.41) is 0. The molecule has 0 fully saturated rings. The SMILES string of the molecule is COc1ccc2c(c1)sc1nc(-c3cc(F)c(F)c(F)c3)cn12. The predicted molar refractivity (Wildman–Crippen MR) is 82.4 cm³/mol. The Morgan fingerprint density at radius 2 is 1.83 bits per heavy atom. The highest BCUT2D eigenvalue weighted by Gasteiger charge is 2.15. The molecule has 0 spiro atoms. The van der Waals surface area contributed by atoms with Crippen molar-refractivity contribution in [1.29, 1.82) is 0 Å². The van der Waals surface area contributed by atoms with Crippen molar-refractivity contribution in [3.8, 4) is 17.0 Å². The van der Waals surface area contributed by atoms with Crippen LogP contribution in [0.4, 0.5) is 13.2 Å². The van der Waals surface area contributed by atoms with Gasteiger partial charge in [-0.1, -0.05) is 11.3 Å². The zero-order chi connectivity index (χ0) is 16.1. The number of halogens is 3. The summed E-state index contributed by atoms with van der Waals surface area (Å²) >= 11 is 1.43. The lowest BCUT2D eigenvalue weighted by atomic mass is 10.1. The van der Waals surface area contributed by atoms with Crippen LogP contribution in [0.2, 0.25) is 0 Å². The number of thiazole rings is 1. The fourth-order valence-corrected chi connectivity index (χ4v) is 3.49. The highest BCUT2D eigenvalue weighted by Crippen LogP contribution is 2.32. The number of hydrogen-bond acceptors (Lipinski definition) is 3. The Kier molecular flexibility index (Phi) is 3.05. The molecule has 3 nitrogen and oxygen atoms in total. The van der Waals surface area contributed by atoms with Crippen molar-refractivity contribution in [2.24, 2.45) is 0 Å². The first kappa shape index (κ1) is 14.1. The molecule has 0 unspecified atom stereocenters. The van der Waals surface area contributed by atoms with Gasteiger partial charge in [-0.05, 0) is 30.3 Å². The van der Waals surface area contributed by atoms with Crippen LogP contribution >= 0.6 is 11.3 Å². The van der Waals surface area contributed by atoms with Crippen molar-refractivity contribution in [2.45, 2.75) is 0 Å². The Labute approximate surface area is 132 Å². The Balaban J connectivity index is 1.89. The molecule has 2 aromatic heterocycles. The smallest absolute Gasteiger partial charge is 0.195 e. The van der Waals surface area contributed by atoms with Crippen molar-refractivity contribution in [1.82, 2.24) is 9.38 Å². The van der Waals surface area contributed by atoms with Gasteiger partial charge in [0.2, 0.25) is 0 Å². The molecule has 116 valence electrons. The first-order valence-electron chi connectivity index (χ1n) is 6.67. The first-order chi connectivity index (χ1) is 11.1. The molecule has 0 saturated carbocycles. The van der Waals surface area contributed by atoms with Crippen LogP contribution in [0, 0.1) is 17.5 Å². The molecule has 7 heteroatoms. The van der Waals surface area contributed by atoms with E-state index in [1.807, 2.05) is 22.6 Å². The molecule has 0 bridgehead atoms. The lowest BCUT2D eigenvalue weighted by Crippen LogP contribution is -1.91. The number of methoxy groups -OCH3 is 1. The quantitative estimate of drug-likeness (QED) is 0.499. The maximum Gasteiger partial charge on any atom is 0.195 e. The third-order valence-corrected chi connectivity index (χ3v) is 4.60. The zero-order valence-electron chi connectivity index (χ0n) is 11.8. The van der Waals surface area contributed by atoms with Crippen molar-refractivity contribution >= 4 is 26.5 Å². The van der Waals surface area contributed by atoms with E-state index in [-0.39, 0.29) is 5.56 Å². The fraction of sp³-hybridized carbons (Fsp3) is 0.0625. The van der Waals surface area contributed by atoms with Gasteiger partial charge >= 0.3 is 0 Å². The Morgan fingerprint density at radius 1 is 1.09 bits per heavy atom. The van der Waals surface area contributed by atoms with E-state index in [1.54, 1.807) is 13.3 Å². The molecule has 0 atom stereocenters. The summed E-state index contributed by atoms with van der Waals surface area (Å²) in [4.78, 5) is 5.05. The van der Waals surface area contributed by atoms with E-state index in [4.69, 9.17) is 4.74 Å². The van der Waals surface area contributed by atoms with Gasteiger partial charge in [0.25, 0.3) is 0 Å². The summed E-state index contributed by atoms with van der Waals surface area (Å²) in [5.41, 5.74) is 1.48. The second kappa shape index (κ2) is 4.99. The molecule has 0 aliphatic rings. The van der Waals surface area contributed by atoms with Crippen LogP contribution in [0.5, 0.6) is 5.75 Å². The van der Waals surface area contributed by atoms with Crippen molar-refractivity contribution < 1.29 is 17.9 Å². The van der Waals surface area contributed by atoms with Crippen LogP contribution in [0.15, 0.2) is 36.5 Å². The largest absolute Gasteiger partial charge is 0.497 e. The molecule has 2 heterocycles. The van der Waals surface area contributed by atoms with Gasteiger partial charge in [-0.3, -0.25) is 4.40 Å².